The zero-order chi connectivity index (χ0) is 15.1. The lowest BCUT2D eigenvalue weighted by atomic mass is 10.2. The standard InChI is InChI=1S/C15H22N2O2S/c1-5-16-15(19)12(4)17-14(18)9-20-13-7-6-10(2)8-11(13)3/h6-8,12H,5,9H2,1-4H3,(H,16,19)(H,17,18)/t12-/m0/s1. The number of thioether (sulfide) groups is 1. The minimum absolute atomic E-state index is 0.131. The summed E-state index contributed by atoms with van der Waals surface area (Å²) in [6.45, 7) is 8.18. The molecule has 0 aliphatic carbocycles. The van der Waals surface area contributed by atoms with Gasteiger partial charge in [-0.15, -0.1) is 11.8 Å². The molecule has 0 bridgehead atoms. The molecule has 1 aromatic carbocycles. The van der Waals surface area contributed by atoms with Gasteiger partial charge in [-0.25, -0.2) is 0 Å². The van der Waals surface area contributed by atoms with Gasteiger partial charge < -0.3 is 10.6 Å². The Labute approximate surface area is 124 Å². The van der Waals surface area contributed by atoms with Crippen LogP contribution in [0.25, 0.3) is 0 Å². The molecule has 0 unspecified atom stereocenters. The van der Waals surface area contributed by atoms with Crippen LogP contribution in [-0.2, 0) is 9.59 Å². The molecule has 0 aliphatic heterocycles. The summed E-state index contributed by atoms with van der Waals surface area (Å²) in [5.41, 5.74) is 2.38. The number of likely N-dealkylation sites (N-methyl/N-ethyl adjacent to an activating group) is 1. The summed E-state index contributed by atoms with van der Waals surface area (Å²) in [4.78, 5) is 24.4. The van der Waals surface area contributed by atoms with Crippen LogP contribution in [0.1, 0.15) is 25.0 Å². The topological polar surface area (TPSA) is 58.2 Å². The molecule has 0 radical (unpaired) electrons. The molecule has 20 heavy (non-hydrogen) atoms. The molecule has 4 nitrogen and oxygen atoms in total. The lowest BCUT2D eigenvalue weighted by Gasteiger charge is -2.13. The molecule has 0 heterocycles. The van der Waals surface area contributed by atoms with Crippen molar-refractivity contribution in [2.75, 3.05) is 12.3 Å². The fourth-order valence-corrected chi connectivity index (χ4v) is 2.60. The lowest BCUT2D eigenvalue weighted by Crippen LogP contribution is -2.45. The third-order valence-corrected chi connectivity index (χ3v) is 3.99. The fourth-order valence-electron chi connectivity index (χ4n) is 1.78. The lowest BCUT2D eigenvalue weighted by molar-refractivity contribution is -0.127. The molecule has 0 spiro atoms. The van der Waals surface area contributed by atoms with Gasteiger partial charge in [0.05, 0.1) is 5.75 Å². The van der Waals surface area contributed by atoms with E-state index in [1.165, 1.54) is 22.9 Å². The van der Waals surface area contributed by atoms with Gasteiger partial charge in [0.2, 0.25) is 11.8 Å². The highest BCUT2D eigenvalue weighted by Crippen LogP contribution is 2.22. The van der Waals surface area contributed by atoms with Gasteiger partial charge >= 0.3 is 0 Å². The number of carbonyl (C=O) groups is 2. The van der Waals surface area contributed by atoms with Crippen LogP contribution in [0, 0.1) is 13.8 Å². The highest BCUT2D eigenvalue weighted by molar-refractivity contribution is 8.00. The molecule has 2 N–H and O–H groups in total. The Morgan fingerprint density at radius 1 is 1.30 bits per heavy atom. The zero-order valence-corrected chi connectivity index (χ0v) is 13.3. The van der Waals surface area contributed by atoms with Crippen molar-refractivity contribution >= 4 is 23.6 Å². The first-order valence-electron chi connectivity index (χ1n) is 6.71. The van der Waals surface area contributed by atoms with E-state index in [9.17, 15) is 9.59 Å². The quantitative estimate of drug-likeness (QED) is 0.789. The monoisotopic (exact) mass is 294 g/mol. The van der Waals surface area contributed by atoms with Crippen LogP contribution in [0.2, 0.25) is 0 Å². The summed E-state index contributed by atoms with van der Waals surface area (Å²) in [6, 6.07) is 5.65. The summed E-state index contributed by atoms with van der Waals surface area (Å²) in [5.74, 6) is 0.0271. The highest BCUT2D eigenvalue weighted by atomic mass is 32.2. The molecule has 0 aliphatic rings. The van der Waals surface area contributed by atoms with Gasteiger partial charge in [-0.2, -0.15) is 0 Å². The smallest absolute Gasteiger partial charge is 0.242 e. The van der Waals surface area contributed by atoms with E-state index < -0.39 is 6.04 Å². The molecule has 0 saturated carbocycles. The minimum Gasteiger partial charge on any atom is -0.355 e. The fraction of sp³-hybridized carbons (Fsp3) is 0.467. The van der Waals surface area contributed by atoms with Gasteiger partial charge in [0.1, 0.15) is 6.04 Å². The molecule has 1 rings (SSSR count). The van der Waals surface area contributed by atoms with E-state index in [2.05, 4.69) is 16.7 Å². The molecule has 2 amide bonds. The van der Waals surface area contributed by atoms with E-state index in [4.69, 9.17) is 0 Å². The molecule has 1 atom stereocenters. The number of hydrogen-bond donors (Lipinski definition) is 2. The maximum Gasteiger partial charge on any atom is 0.242 e. The Kier molecular flexibility index (Phi) is 6.58. The van der Waals surface area contributed by atoms with Crippen LogP contribution in [0.3, 0.4) is 0 Å². The Morgan fingerprint density at radius 2 is 2.00 bits per heavy atom. The molecule has 5 heteroatoms. The number of benzene rings is 1. The van der Waals surface area contributed by atoms with Crippen molar-refractivity contribution in [1.82, 2.24) is 10.6 Å². The van der Waals surface area contributed by atoms with E-state index in [0.29, 0.717) is 12.3 Å². The Hall–Kier alpha value is -1.49. The largest absolute Gasteiger partial charge is 0.355 e. The number of amides is 2. The number of carbonyl (C=O) groups excluding carboxylic acids is 2. The molecule has 1 aromatic rings. The van der Waals surface area contributed by atoms with Crippen molar-refractivity contribution in [2.45, 2.75) is 38.6 Å². The molecular formula is C15H22N2O2S. The van der Waals surface area contributed by atoms with Crippen LogP contribution in [-0.4, -0.2) is 30.2 Å². The molecule has 0 aromatic heterocycles. The molecular weight excluding hydrogens is 272 g/mol. The van der Waals surface area contributed by atoms with Crippen LogP contribution in [0.5, 0.6) is 0 Å². The number of hydrogen-bond acceptors (Lipinski definition) is 3. The second kappa shape index (κ2) is 7.94. The third-order valence-electron chi connectivity index (χ3n) is 2.81. The van der Waals surface area contributed by atoms with Crippen molar-refractivity contribution in [3.63, 3.8) is 0 Å². The van der Waals surface area contributed by atoms with Crippen LogP contribution >= 0.6 is 11.8 Å². The van der Waals surface area contributed by atoms with Crippen molar-refractivity contribution in [1.29, 1.82) is 0 Å². The normalized spacial score (nSPS) is 11.8. The second-order valence-electron chi connectivity index (χ2n) is 4.74. The van der Waals surface area contributed by atoms with Gasteiger partial charge in [0.25, 0.3) is 0 Å². The summed E-state index contributed by atoms with van der Waals surface area (Å²) in [7, 11) is 0. The number of aryl methyl sites for hydroxylation is 2. The predicted molar refractivity (Wildman–Crippen MR) is 82.9 cm³/mol. The minimum atomic E-state index is -0.498. The summed E-state index contributed by atoms with van der Waals surface area (Å²) >= 11 is 1.49. The summed E-state index contributed by atoms with van der Waals surface area (Å²) in [6.07, 6.45) is 0. The maximum atomic E-state index is 11.8. The number of nitrogens with one attached hydrogen (secondary N) is 2. The van der Waals surface area contributed by atoms with E-state index in [1.807, 2.05) is 32.9 Å². The third kappa shape index (κ3) is 5.25. The van der Waals surface area contributed by atoms with E-state index in [0.717, 1.165) is 4.90 Å². The Bertz CT molecular complexity index is 489. The second-order valence-corrected chi connectivity index (χ2v) is 5.76. The van der Waals surface area contributed by atoms with Gasteiger partial charge in [-0.1, -0.05) is 17.7 Å². The summed E-state index contributed by atoms with van der Waals surface area (Å²) in [5, 5.41) is 5.37. The van der Waals surface area contributed by atoms with Crippen LogP contribution < -0.4 is 10.6 Å². The molecule has 0 fully saturated rings. The summed E-state index contributed by atoms with van der Waals surface area (Å²) < 4.78 is 0. The Balaban J connectivity index is 2.45. The average Bonchev–Trinajstić information content (AvgIpc) is 2.37. The first-order valence-corrected chi connectivity index (χ1v) is 7.69. The number of rotatable bonds is 6. The first kappa shape index (κ1) is 16.6. The van der Waals surface area contributed by atoms with E-state index >= 15 is 0 Å². The van der Waals surface area contributed by atoms with Gasteiger partial charge in [-0.3, -0.25) is 9.59 Å². The highest BCUT2D eigenvalue weighted by Gasteiger charge is 2.14. The van der Waals surface area contributed by atoms with Gasteiger partial charge in [0.15, 0.2) is 0 Å². The van der Waals surface area contributed by atoms with E-state index in [1.54, 1.807) is 6.92 Å². The van der Waals surface area contributed by atoms with Crippen molar-refractivity contribution in [3.05, 3.63) is 29.3 Å². The van der Waals surface area contributed by atoms with Crippen molar-refractivity contribution in [3.8, 4) is 0 Å². The van der Waals surface area contributed by atoms with Gasteiger partial charge in [-0.05, 0) is 39.3 Å². The maximum absolute atomic E-state index is 11.8. The predicted octanol–water partition coefficient (Wildman–Crippen LogP) is 2.04. The Morgan fingerprint density at radius 3 is 2.60 bits per heavy atom. The SMILES string of the molecule is CCNC(=O)[C@H](C)NC(=O)CSc1ccc(C)cc1C. The first-order chi connectivity index (χ1) is 9.43. The van der Waals surface area contributed by atoms with Crippen LogP contribution in [0.4, 0.5) is 0 Å². The van der Waals surface area contributed by atoms with Crippen molar-refractivity contribution < 1.29 is 9.59 Å². The van der Waals surface area contributed by atoms with E-state index in [-0.39, 0.29) is 11.8 Å². The zero-order valence-electron chi connectivity index (χ0n) is 12.4. The molecule has 0 saturated heterocycles. The van der Waals surface area contributed by atoms with Crippen molar-refractivity contribution in [2.24, 2.45) is 0 Å². The molecule has 110 valence electrons. The van der Waals surface area contributed by atoms with Crippen LogP contribution in [0.15, 0.2) is 23.1 Å². The average molecular weight is 294 g/mol. The van der Waals surface area contributed by atoms with Gasteiger partial charge in [0, 0.05) is 11.4 Å².